The largest absolute Gasteiger partial charge is 0.388 e. The quantitative estimate of drug-likeness (QED) is 0.719. The Morgan fingerprint density at radius 3 is 2.73 bits per heavy atom. The monoisotopic (exact) mass is 220 g/mol. The predicted molar refractivity (Wildman–Crippen MR) is 66.0 cm³/mol. The number of pyridine rings is 1. The highest BCUT2D eigenvalue weighted by Crippen LogP contribution is 2.22. The molecule has 1 aromatic heterocycles. The Morgan fingerprint density at radius 2 is 2.07 bits per heavy atom. The van der Waals surface area contributed by atoms with Gasteiger partial charge in [-0.05, 0) is 18.2 Å². The number of aromatic nitrogens is 1. The number of thiol groups is 1. The third kappa shape index (κ3) is 1.61. The summed E-state index contributed by atoms with van der Waals surface area (Å²) in [5, 5.41) is 4.62. The van der Waals surface area contributed by atoms with E-state index in [-0.39, 0.29) is 5.56 Å². The van der Waals surface area contributed by atoms with Gasteiger partial charge in [0, 0.05) is 41.6 Å². The van der Waals surface area contributed by atoms with Gasteiger partial charge in [0.2, 0.25) is 0 Å². The number of nitrogens with zero attached hydrogens (tertiary/aromatic N) is 1. The molecule has 2 aromatic rings. The fraction of sp³-hybridized carbons (Fsp3) is 0.182. The fourth-order valence-corrected chi connectivity index (χ4v) is 1.96. The minimum Gasteiger partial charge on any atom is -0.388 e. The van der Waals surface area contributed by atoms with Gasteiger partial charge in [-0.2, -0.15) is 0 Å². The first kappa shape index (κ1) is 10.1. The normalized spacial score (nSPS) is 10.6. The van der Waals surface area contributed by atoms with Gasteiger partial charge in [0.1, 0.15) is 0 Å². The minimum atomic E-state index is 0.00505. The van der Waals surface area contributed by atoms with Gasteiger partial charge in [0.15, 0.2) is 0 Å². The summed E-state index contributed by atoms with van der Waals surface area (Å²) in [6.07, 6.45) is 1.73. The lowest BCUT2D eigenvalue weighted by atomic mass is 10.1. The Hall–Kier alpha value is -1.42. The number of rotatable bonds is 1. The molecule has 1 aromatic carbocycles. The van der Waals surface area contributed by atoms with E-state index in [4.69, 9.17) is 0 Å². The highest BCUT2D eigenvalue weighted by Gasteiger charge is 2.04. The molecule has 0 saturated carbocycles. The molecule has 1 heterocycles. The van der Waals surface area contributed by atoms with Gasteiger partial charge in [-0.1, -0.05) is 0 Å². The highest BCUT2D eigenvalue weighted by molar-refractivity contribution is 7.80. The third-order valence-corrected chi connectivity index (χ3v) is 2.81. The summed E-state index contributed by atoms with van der Waals surface area (Å²) in [6.45, 7) is 0. The number of fused-ring (bicyclic) bond motifs is 1. The van der Waals surface area contributed by atoms with Crippen LogP contribution in [0.2, 0.25) is 0 Å². The Balaban J connectivity index is 2.90. The molecule has 0 fully saturated rings. The van der Waals surface area contributed by atoms with Crippen molar-refractivity contribution in [1.82, 2.24) is 4.57 Å². The Kier molecular flexibility index (Phi) is 2.44. The van der Waals surface area contributed by atoms with E-state index >= 15 is 0 Å². The smallest absolute Gasteiger partial charge is 0.258 e. The van der Waals surface area contributed by atoms with Gasteiger partial charge in [0.25, 0.3) is 5.56 Å². The van der Waals surface area contributed by atoms with E-state index in [1.165, 1.54) is 0 Å². The molecular weight excluding hydrogens is 208 g/mol. The molecule has 0 spiro atoms. The summed E-state index contributed by atoms with van der Waals surface area (Å²) in [4.78, 5) is 12.6. The highest BCUT2D eigenvalue weighted by atomic mass is 32.1. The summed E-state index contributed by atoms with van der Waals surface area (Å²) in [6, 6.07) is 5.64. The lowest BCUT2D eigenvalue weighted by Crippen LogP contribution is -2.16. The van der Waals surface area contributed by atoms with Gasteiger partial charge in [-0.15, -0.1) is 12.6 Å². The molecule has 0 aliphatic heterocycles. The second-order valence-electron chi connectivity index (χ2n) is 3.44. The Bertz CT molecular complexity index is 575. The van der Waals surface area contributed by atoms with E-state index in [9.17, 15) is 4.79 Å². The van der Waals surface area contributed by atoms with Crippen molar-refractivity contribution < 1.29 is 0 Å². The SMILES string of the molecule is CNc1ccc2c(=O)n(C)cc(S)c2c1. The summed E-state index contributed by atoms with van der Waals surface area (Å²) >= 11 is 4.37. The lowest BCUT2D eigenvalue weighted by Gasteiger charge is -2.06. The van der Waals surface area contributed by atoms with Crippen LogP contribution < -0.4 is 10.9 Å². The van der Waals surface area contributed by atoms with Crippen molar-refractivity contribution in [3.63, 3.8) is 0 Å². The topological polar surface area (TPSA) is 34.0 Å². The number of aryl methyl sites for hydroxylation is 1. The number of hydrogen-bond acceptors (Lipinski definition) is 3. The molecule has 4 heteroatoms. The van der Waals surface area contributed by atoms with E-state index in [1.54, 1.807) is 17.8 Å². The number of hydrogen-bond donors (Lipinski definition) is 2. The van der Waals surface area contributed by atoms with Gasteiger partial charge >= 0.3 is 0 Å². The van der Waals surface area contributed by atoms with Crippen molar-refractivity contribution in [1.29, 1.82) is 0 Å². The maximum Gasteiger partial charge on any atom is 0.258 e. The molecule has 1 N–H and O–H groups in total. The van der Waals surface area contributed by atoms with Crippen LogP contribution in [-0.4, -0.2) is 11.6 Å². The first-order chi connectivity index (χ1) is 7.13. The van der Waals surface area contributed by atoms with Crippen LogP contribution >= 0.6 is 12.6 Å². The Labute approximate surface area is 93.1 Å². The third-order valence-electron chi connectivity index (χ3n) is 2.45. The summed E-state index contributed by atoms with van der Waals surface area (Å²) < 4.78 is 1.55. The molecule has 0 aliphatic carbocycles. The van der Waals surface area contributed by atoms with Crippen LogP contribution in [0.5, 0.6) is 0 Å². The van der Waals surface area contributed by atoms with Gasteiger partial charge < -0.3 is 9.88 Å². The number of anilines is 1. The second-order valence-corrected chi connectivity index (χ2v) is 3.92. The summed E-state index contributed by atoms with van der Waals surface area (Å²) in [5.41, 5.74) is 0.983. The summed E-state index contributed by atoms with van der Waals surface area (Å²) in [7, 11) is 3.58. The standard InChI is InChI=1S/C11H12N2OS/c1-12-7-3-4-8-9(5-7)10(15)6-13(2)11(8)14/h3-6,12,15H,1-2H3. The zero-order valence-electron chi connectivity index (χ0n) is 8.61. The van der Waals surface area contributed by atoms with Crippen molar-refractivity contribution in [3.8, 4) is 0 Å². The van der Waals surface area contributed by atoms with Crippen molar-refractivity contribution in [2.45, 2.75) is 4.90 Å². The zero-order chi connectivity index (χ0) is 11.0. The van der Waals surface area contributed by atoms with Crippen LogP contribution in [0.4, 0.5) is 5.69 Å². The van der Waals surface area contributed by atoms with E-state index in [1.807, 2.05) is 25.2 Å². The summed E-state index contributed by atoms with van der Waals surface area (Å²) in [5.74, 6) is 0. The molecule has 15 heavy (non-hydrogen) atoms. The van der Waals surface area contributed by atoms with Crippen LogP contribution in [0.15, 0.2) is 34.1 Å². The maximum absolute atomic E-state index is 11.8. The predicted octanol–water partition coefficient (Wildman–Crippen LogP) is 1.87. The average Bonchev–Trinajstić information content (AvgIpc) is 2.25. The molecule has 0 atom stereocenters. The zero-order valence-corrected chi connectivity index (χ0v) is 9.51. The first-order valence-electron chi connectivity index (χ1n) is 4.63. The van der Waals surface area contributed by atoms with E-state index in [0.29, 0.717) is 5.39 Å². The molecule has 2 rings (SSSR count). The van der Waals surface area contributed by atoms with E-state index < -0.39 is 0 Å². The molecule has 0 unspecified atom stereocenters. The van der Waals surface area contributed by atoms with Gasteiger partial charge in [-0.3, -0.25) is 4.79 Å². The fourth-order valence-electron chi connectivity index (χ4n) is 1.60. The van der Waals surface area contributed by atoms with Crippen molar-refractivity contribution >= 4 is 29.1 Å². The maximum atomic E-state index is 11.8. The van der Waals surface area contributed by atoms with Gasteiger partial charge in [-0.25, -0.2) is 0 Å². The van der Waals surface area contributed by atoms with Crippen molar-refractivity contribution in [2.75, 3.05) is 12.4 Å². The molecule has 0 amide bonds. The molecule has 0 aliphatic rings. The van der Waals surface area contributed by atoms with Crippen LogP contribution in [0.1, 0.15) is 0 Å². The van der Waals surface area contributed by atoms with Crippen LogP contribution in [0.25, 0.3) is 10.8 Å². The molecule has 0 saturated heterocycles. The molecule has 78 valence electrons. The van der Waals surface area contributed by atoms with E-state index in [0.717, 1.165) is 16.0 Å². The van der Waals surface area contributed by atoms with Crippen molar-refractivity contribution in [2.24, 2.45) is 7.05 Å². The number of benzene rings is 1. The first-order valence-corrected chi connectivity index (χ1v) is 5.08. The number of nitrogens with one attached hydrogen (secondary N) is 1. The van der Waals surface area contributed by atoms with Crippen molar-refractivity contribution in [3.05, 3.63) is 34.7 Å². The van der Waals surface area contributed by atoms with Gasteiger partial charge in [0.05, 0.1) is 0 Å². The molecule has 0 radical (unpaired) electrons. The van der Waals surface area contributed by atoms with E-state index in [2.05, 4.69) is 17.9 Å². The van der Waals surface area contributed by atoms with Crippen LogP contribution in [-0.2, 0) is 7.05 Å². The molecular formula is C11H12N2OS. The molecule has 3 nitrogen and oxygen atoms in total. The second kappa shape index (κ2) is 3.62. The molecule has 0 bridgehead atoms. The van der Waals surface area contributed by atoms with Crippen LogP contribution in [0, 0.1) is 0 Å². The Morgan fingerprint density at radius 1 is 1.33 bits per heavy atom. The van der Waals surface area contributed by atoms with Crippen LogP contribution in [0.3, 0.4) is 0 Å². The minimum absolute atomic E-state index is 0.00505. The average molecular weight is 220 g/mol. The lowest BCUT2D eigenvalue weighted by molar-refractivity contribution is 0.857.